The van der Waals surface area contributed by atoms with E-state index in [9.17, 15) is 9.59 Å². The monoisotopic (exact) mass is 287 g/mol. The van der Waals surface area contributed by atoms with Crippen molar-refractivity contribution in [2.75, 3.05) is 5.73 Å². The first-order valence-corrected chi connectivity index (χ1v) is 6.37. The summed E-state index contributed by atoms with van der Waals surface area (Å²) in [7, 11) is 2.85. The molecule has 0 fully saturated rings. The Morgan fingerprint density at radius 1 is 1.00 bits per heavy atom. The molecule has 7 heteroatoms. The third-order valence-corrected chi connectivity index (χ3v) is 3.44. The number of hydrogen-bond acceptors (Lipinski definition) is 5. The van der Waals surface area contributed by atoms with Gasteiger partial charge in [0.15, 0.2) is 5.69 Å². The molecule has 0 bridgehead atoms. The molecule has 0 aliphatic heterocycles. The van der Waals surface area contributed by atoms with Crippen LogP contribution < -0.4 is 17.0 Å². The van der Waals surface area contributed by atoms with Gasteiger partial charge in [-0.2, -0.15) is 5.11 Å². The Morgan fingerprint density at radius 2 is 1.67 bits per heavy atom. The van der Waals surface area contributed by atoms with Crippen LogP contribution in [0.1, 0.15) is 11.1 Å². The number of benzene rings is 1. The van der Waals surface area contributed by atoms with Gasteiger partial charge in [-0.05, 0) is 37.1 Å². The lowest BCUT2D eigenvalue weighted by Crippen LogP contribution is -2.37. The third kappa shape index (κ3) is 2.62. The zero-order chi connectivity index (χ0) is 15.7. The molecule has 1 heterocycles. The van der Waals surface area contributed by atoms with Gasteiger partial charge in [-0.15, -0.1) is 5.11 Å². The van der Waals surface area contributed by atoms with Crippen LogP contribution in [-0.2, 0) is 14.1 Å². The summed E-state index contributed by atoms with van der Waals surface area (Å²) in [5.74, 6) is -0.00400. The summed E-state index contributed by atoms with van der Waals surface area (Å²) in [6.07, 6.45) is 0. The third-order valence-electron chi connectivity index (χ3n) is 3.44. The van der Waals surface area contributed by atoms with Crippen molar-refractivity contribution in [2.45, 2.75) is 13.8 Å². The smallest absolute Gasteiger partial charge is 0.332 e. The van der Waals surface area contributed by atoms with E-state index >= 15 is 0 Å². The molecule has 0 amide bonds. The number of nitrogen functional groups attached to an aromatic ring is 1. The van der Waals surface area contributed by atoms with Crippen molar-refractivity contribution in [1.29, 1.82) is 0 Å². The highest BCUT2D eigenvalue weighted by Gasteiger charge is 2.12. The maximum Gasteiger partial charge on any atom is 0.332 e. The summed E-state index contributed by atoms with van der Waals surface area (Å²) < 4.78 is 2.11. The molecule has 0 atom stereocenters. The fourth-order valence-electron chi connectivity index (χ4n) is 1.83. The molecule has 21 heavy (non-hydrogen) atoms. The predicted molar refractivity (Wildman–Crippen MR) is 81.4 cm³/mol. The van der Waals surface area contributed by atoms with Gasteiger partial charge in [0.2, 0.25) is 0 Å². The first-order chi connectivity index (χ1) is 9.82. The average molecular weight is 287 g/mol. The van der Waals surface area contributed by atoms with E-state index in [0.29, 0.717) is 5.69 Å². The Kier molecular flexibility index (Phi) is 3.75. The number of nitrogens with zero attached hydrogens (tertiary/aromatic N) is 4. The van der Waals surface area contributed by atoms with E-state index in [2.05, 4.69) is 10.2 Å². The second-order valence-corrected chi connectivity index (χ2v) is 4.91. The summed E-state index contributed by atoms with van der Waals surface area (Å²) >= 11 is 0. The predicted octanol–water partition coefficient (Wildman–Crippen LogP) is 1.70. The minimum atomic E-state index is -0.566. The fraction of sp³-hybridized carbons (Fsp3) is 0.286. The lowest BCUT2D eigenvalue weighted by atomic mass is 10.1. The molecule has 2 N–H and O–H groups in total. The van der Waals surface area contributed by atoms with Crippen molar-refractivity contribution in [2.24, 2.45) is 24.3 Å². The molecule has 1 aromatic heterocycles. The second-order valence-electron chi connectivity index (χ2n) is 4.91. The number of aromatic nitrogens is 2. The summed E-state index contributed by atoms with van der Waals surface area (Å²) in [4.78, 5) is 23.7. The number of anilines is 1. The van der Waals surface area contributed by atoms with E-state index in [1.54, 1.807) is 6.07 Å². The van der Waals surface area contributed by atoms with E-state index in [-0.39, 0.29) is 11.5 Å². The Hall–Kier alpha value is -2.70. The quantitative estimate of drug-likeness (QED) is 0.851. The lowest BCUT2D eigenvalue weighted by Gasteiger charge is -2.07. The Bertz CT molecular complexity index is 846. The van der Waals surface area contributed by atoms with Gasteiger partial charge in [0.05, 0.1) is 5.69 Å². The summed E-state index contributed by atoms with van der Waals surface area (Å²) in [5.41, 5.74) is 7.50. The van der Waals surface area contributed by atoms with E-state index in [0.717, 1.165) is 20.3 Å². The maximum atomic E-state index is 12.0. The number of rotatable bonds is 2. The largest absolute Gasteiger partial charge is 0.383 e. The summed E-state index contributed by atoms with van der Waals surface area (Å²) in [6.45, 7) is 3.96. The zero-order valence-electron chi connectivity index (χ0n) is 12.4. The normalized spacial score (nSPS) is 11.2. The average Bonchev–Trinajstić information content (AvgIpc) is 2.46. The number of hydrogen-bond donors (Lipinski definition) is 1. The Morgan fingerprint density at radius 3 is 2.29 bits per heavy atom. The van der Waals surface area contributed by atoms with Gasteiger partial charge in [0.25, 0.3) is 5.56 Å². The fourth-order valence-corrected chi connectivity index (χ4v) is 1.83. The molecular formula is C14H17N5O2. The lowest BCUT2D eigenvalue weighted by molar-refractivity contribution is 0.694. The molecule has 7 nitrogen and oxygen atoms in total. The van der Waals surface area contributed by atoms with Gasteiger partial charge in [0.1, 0.15) is 5.82 Å². The highest BCUT2D eigenvalue weighted by Crippen LogP contribution is 2.21. The van der Waals surface area contributed by atoms with Crippen molar-refractivity contribution in [3.05, 3.63) is 50.2 Å². The number of nitrogens with two attached hydrogens (primary N) is 1. The van der Waals surface area contributed by atoms with Crippen LogP contribution in [0.2, 0.25) is 0 Å². The van der Waals surface area contributed by atoms with E-state index in [1.165, 1.54) is 14.1 Å². The van der Waals surface area contributed by atoms with E-state index in [4.69, 9.17) is 5.73 Å². The Balaban J connectivity index is 2.54. The van der Waals surface area contributed by atoms with Crippen molar-refractivity contribution in [1.82, 2.24) is 9.13 Å². The van der Waals surface area contributed by atoms with Crippen molar-refractivity contribution in [3.63, 3.8) is 0 Å². The molecule has 0 aliphatic rings. The Labute approximate surface area is 121 Å². The molecule has 0 unspecified atom stereocenters. The number of aryl methyl sites for hydroxylation is 2. The van der Waals surface area contributed by atoms with Crippen LogP contribution in [0.15, 0.2) is 38.0 Å². The van der Waals surface area contributed by atoms with Crippen molar-refractivity contribution >= 4 is 17.2 Å². The van der Waals surface area contributed by atoms with Gasteiger partial charge in [-0.1, -0.05) is 6.07 Å². The van der Waals surface area contributed by atoms with Gasteiger partial charge in [0, 0.05) is 14.1 Å². The number of azo groups is 1. The van der Waals surface area contributed by atoms with Crippen LogP contribution in [0.4, 0.5) is 17.2 Å². The molecule has 0 spiro atoms. The molecule has 0 aliphatic carbocycles. The zero-order valence-corrected chi connectivity index (χ0v) is 12.4. The standard InChI is InChI=1S/C14H17N5O2/c1-8-5-6-10(7-9(8)2)16-17-11-12(15)18(3)14(21)19(4)13(11)20/h5-7H,15H2,1-4H3. The first-order valence-electron chi connectivity index (χ1n) is 6.37. The van der Waals surface area contributed by atoms with Crippen LogP contribution in [0, 0.1) is 13.8 Å². The molecule has 0 saturated carbocycles. The molecule has 110 valence electrons. The first kappa shape index (κ1) is 14.7. The van der Waals surface area contributed by atoms with Crippen molar-refractivity contribution < 1.29 is 0 Å². The molecular weight excluding hydrogens is 270 g/mol. The van der Waals surface area contributed by atoms with E-state index < -0.39 is 11.2 Å². The van der Waals surface area contributed by atoms with Gasteiger partial charge in [-0.3, -0.25) is 13.9 Å². The van der Waals surface area contributed by atoms with Crippen LogP contribution >= 0.6 is 0 Å². The van der Waals surface area contributed by atoms with Crippen molar-refractivity contribution in [3.8, 4) is 0 Å². The van der Waals surface area contributed by atoms with Crippen LogP contribution in [-0.4, -0.2) is 9.13 Å². The summed E-state index contributed by atoms with van der Waals surface area (Å²) in [5, 5.41) is 7.94. The molecule has 2 rings (SSSR count). The van der Waals surface area contributed by atoms with Crippen LogP contribution in [0.25, 0.3) is 0 Å². The molecule has 0 radical (unpaired) electrons. The molecule has 0 saturated heterocycles. The van der Waals surface area contributed by atoms with Gasteiger partial charge in [-0.25, -0.2) is 4.79 Å². The minimum Gasteiger partial charge on any atom is -0.383 e. The van der Waals surface area contributed by atoms with E-state index in [1.807, 2.05) is 26.0 Å². The maximum absolute atomic E-state index is 12.0. The van der Waals surface area contributed by atoms with Crippen LogP contribution in [0.5, 0.6) is 0 Å². The molecule has 2 aromatic rings. The van der Waals surface area contributed by atoms with Crippen LogP contribution in [0.3, 0.4) is 0 Å². The summed E-state index contributed by atoms with van der Waals surface area (Å²) in [6, 6.07) is 5.59. The SMILES string of the molecule is Cc1ccc(N=Nc2c(N)n(C)c(=O)n(C)c2=O)cc1C. The van der Waals surface area contributed by atoms with Gasteiger partial charge < -0.3 is 5.73 Å². The minimum absolute atomic E-state index is 0.00400. The highest BCUT2D eigenvalue weighted by molar-refractivity contribution is 5.56. The second kappa shape index (κ2) is 5.35. The topological polar surface area (TPSA) is 94.7 Å². The molecule has 1 aromatic carbocycles. The highest BCUT2D eigenvalue weighted by atomic mass is 16.2. The van der Waals surface area contributed by atoms with Gasteiger partial charge >= 0.3 is 5.69 Å².